The maximum Gasteiger partial charge on any atom is 0.242 e. The second-order valence-electron chi connectivity index (χ2n) is 5.35. The van der Waals surface area contributed by atoms with Gasteiger partial charge in [0.2, 0.25) is 5.91 Å². The lowest BCUT2D eigenvalue weighted by atomic mass is 10.1. The van der Waals surface area contributed by atoms with Gasteiger partial charge in [0.05, 0.1) is 18.2 Å². The van der Waals surface area contributed by atoms with Crippen LogP contribution in [-0.4, -0.2) is 39.0 Å². The Morgan fingerprint density at radius 2 is 2.50 bits per heavy atom. The number of anilines is 1. The average molecular weight is 252 g/mol. The second kappa shape index (κ2) is 5.07. The van der Waals surface area contributed by atoms with Gasteiger partial charge in [-0.3, -0.25) is 9.48 Å². The zero-order valence-electron chi connectivity index (χ0n) is 10.8. The van der Waals surface area contributed by atoms with Crippen molar-refractivity contribution in [1.82, 2.24) is 15.1 Å². The fraction of sp³-hybridized carbons (Fsp3) is 0.667. The van der Waals surface area contributed by atoms with Crippen LogP contribution in [0, 0.1) is 0 Å². The summed E-state index contributed by atoms with van der Waals surface area (Å²) in [6.45, 7) is 4.72. The molecule has 1 aliphatic rings. The monoisotopic (exact) mass is 252 g/mol. The summed E-state index contributed by atoms with van der Waals surface area (Å²) < 4.78 is 1.62. The number of carbonyl (C=O) groups is 1. The maximum atomic E-state index is 11.8. The van der Waals surface area contributed by atoms with Crippen molar-refractivity contribution in [2.24, 2.45) is 0 Å². The highest BCUT2D eigenvalue weighted by molar-refractivity contribution is 5.94. The number of amides is 1. The Labute approximate surface area is 106 Å². The van der Waals surface area contributed by atoms with Crippen molar-refractivity contribution in [3.05, 3.63) is 12.3 Å². The summed E-state index contributed by atoms with van der Waals surface area (Å²) in [5, 5.41) is 19.8. The molecule has 0 spiro atoms. The van der Waals surface area contributed by atoms with Crippen molar-refractivity contribution in [1.29, 1.82) is 0 Å². The highest BCUT2D eigenvalue weighted by atomic mass is 16.3. The van der Waals surface area contributed by atoms with Crippen LogP contribution >= 0.6 is 0 Å². The van der Waals surface area contributed by atoms with Crippen molar-refractivity contribution >= 4 is 11.7 Å². The first-order valence-corrected chi connectivity index (χ1v) is 6.24. The van der Waals surface area contributed by atoms with E-state index < -0.39 is 5.60 Å². The van der Waals surface area contributed by atoms with E-state index in [1.54, 1.807) is 30.8 Å². The SMILES string of the molecule is CC(C)(O)Cn1ccc(NC(=O)C2CCCN2)n1. The highest BCUT2D eigenvalue weighted by Gasteiger charge is 2.22. The van der Waals surface area contributed by atoms with Gasteiger partial charge in [-0.05, 0) is 33.2 Å². The molecule has 1 atom stereocenters. The van der Waals surface area contributed by atoms with Gasteiger partial charge in [0.25, 0.3) is 0 Å². The number of rotatable bonds is 4. The number of nitrogens with one attached hydrogen (secondary N) is 2. The van der Waals surface area contributed by atoms with Gasteiger partial charge in [0.15, 0.2) is 5.82 Å². The zero-order chi connectivity index (χ0) is 13.2. The first kappa shape index (κ1) is 13.0. The number of aliphatic hydroxyl groups is 1. The van der Waals surface area contributed by atoms with Crippen molar-refractivity contribution in [3.63, 3.8) is 0 Å². The summed E-state index contributed by atoms with van der Waals surface area (Å²) in [4.78, 5) is 11.8. The molecule has 6 nitrogen and oxygen atoms in total. The van der Waals surface area contributed by atoms with Crippen molar-refractivity contribution < 1.29 is 9.90 Å². The molecule has 100 valence electrons. The van der Waals surface area contributed by atoms with Crippen molar-refractivity contribution in [2.75, 3.05) is 11.9 Å². The first-order valence-electron chi connectivity index (χ1n) is 6.24. The largest absolute Gasteiger partial charge is 0.389 e. The van der Waals surface area contributed by atoms with E-state index >= 15 is 0 Å². The Morgan fingerprint density at radius 3 is 3.11 bits per heavy atom. The van der Waals surface area contributed by atoms with Gasteiger partial charge in [-0.15, -0.1) is 0 Å². The van der Waals surface area contributed by atoms with Gasteiger partial charge in [-0.2, -0.15) is 5.10 Å². The molecule has 2 heterocycles. The molecule has 0 bridgehead atoms. The van der Waals surface area contributed by atoms with E-state index in [1.807, 2.05) is 0 Å². The molecule has 18 heavy (non-hydrogen) atoms. The third kappa shape index (κ3) is 3.54. The highest BCUT2D eigenvalue weighted by Crippen LogP contribution is 2.11. The number of nitrogens with zero attached hydrogens (tertiary/aromatic N) is 2. The molecular formula is C12H20N4O2. The molecule has 1 aromatic rings. The van der Waals surface area contributed by atoms with Crippen LogP contribution in [0.2, 0.25) is 0 Å². The average Bonchev–Trinajstić information content (AvgIpc) is 2.86. The van der Waals surface area contributed by atoms with E-state index in [9.17, 15) is 9.90 Å². The van der Waals surface area contributed by atoms with Crippen LogP contribution < -0.4 is 10.6 Å². The molecule has 1 saturated heterocycles. The van der Waals surface area contributed by atoms with Crippen molar-refractivity contribution in [3.8, 4) is 0 Å². The molecule has 0 saturated carbocycles. The second-order valence-corrected chi connectivity index (χ2v) is 5.35. The number of hydrogen-bond acceptors (Lipinski definition) is 4. The fourth-order valence-corrected chi connectivity index (χ4v) is 2.03. The summed E-state index contributed by atoms with van der Waals surface area (Å²) in [6.07, 6.45) is 3.65. The predicted molar refractivity (Wildman–Crippen MR) is 68.2 cm³/mol. The number of aromatic nitrogens is 2. The van der Waals surface area contributed by atoms with Gasteiger partial charge in [-0.1, -0.05) is 0 Å². The standard InChI is InChI=1S/C12H20N4O2/c1-12(2,18)8-16-7-5-10(15-16)14-11(17)9-4-3-6-13-9/h5,7,9,13,18H,3-4,6,8H2,1-2H3,(H,14,15,17). The minimum Gasteiger partial charge on any atom is -0.389 e. The Kier molecular flexibility index (Phi) is 3.68. The summed E-state index contributed by atoms with van der Waals surface area (Å²) in [5.74, 6) is 0.485. The first-order chi connectivity index (χ1) is 8.44. The van der Waals surface area contributed by atoms with Crippen LogP contribution in [0.4, 0.5) is 5.82 Å². The van der Waals surface area contributed by atoms with Gasteiger partial charge < -0.3 is 15.7 Å². The molecule has 1 aromatic heterocycles. The minimum absolute atomic E-state index is 0.0407. The maximum absolute atomic E-state index is 11.8. The van der Waals surface area contributed by atoms with Gasteiger partial charge in [0.1, 0.15) is 0 Å². The summed E-state index contributed by atoms with van der Waals surface area (Å²) in [7, 11) is 0. The van der Waals surface area contributed by atoms with E-state index in [0.717, 1.165) is 19.4 Å². The van der Waals surface area contributed by atoms with Crippen LogP contribution in [0.5, 0.6) is 0 Å². The molecule has 1 unspecified atom stereocenters. The molecule has 0 aliphatic carbocycles. The molecule has 2 rings (SSSR count). The zero-order valence-corrected chi connectivity index (χ0v) is 10.8. The van der Waals surface area contributed by atoms with E-state index in [2.05, 4.69) is 15.7 Å². The normalized spacial score (nSPS) is 20.1. The predicted octanol–water partition coefficient (Wildman–Crippen LogP) is 0.344. The Hall–Kier alpha value is -1.40. The van der Waals surface area contributed by atoms with E-state index in [0.29, 0.717) is 12.4 Å². The molecule has 3 N–H and O–H groups in total. The third-order valence-corrected chi connectivity index (χ3v) is 2.82. The summed E-state index contributed by atoms with van der Waals surface area (Å²) >= 11 is 0. The van der Waals surface area contributed by atoms with Crippen LogP contribution in [0.25, 0.3) is 0 Å². The molecule has 1 aliphatic heterocycles. The molecule has 0 aromatic carbocycles. The molecule has 1 fully saturated rings. The number of carbonyl (C=O) groups excluding carboxylic acids is 1. The topological polar surface area (TPSA) is 79.2 Å². The van der Waals surface area contributed by atoms with Crippen LogP contribution in [0.15, 0.2) is 12.3 Å². The van der Waals surface area contributed by atoms with E-state index in [4.69, 9.17) is 0 Å². The van der Waals surface area contributed by atoms with Gasteiger partial charge >= 0.3 is 0 Å². The van der Waals surface area contributed by atoms with Crippen LogP contribution in [0.1, 0.15) is 26.7 Å². The van der Waals surface area contributed by atoms with E-state index in [-0.39, 0.29) is 11.9 Å². The smallest absolute Gasteiger partial charge is 0.242 e. The fourth-order valence-electron chi connectivity index (χ4n) is 2.03. The lowest BCUT2D eigenvalue weighted by Crippen LogP contribution is -2.35. The molecule has 0 radical (unpaired) electrons. The molecule has 6 heteroatoms. The van der Waals surface area contributed by atoms with Gasteiger partial charge in [-0.25, -0.2) is 0 Å². The quantitative estimate of drug-likeness (QED) is 0.722. The Bertz CT molecular complexity index is 416. The molecular weight excluding hydrogens is 232 g/mol. The summed E-state index contributed by atoms with van der Waals surface area (Å²) in [5.41, 5.74) is -0.819. The lowest BCUT2D eigenvalue weighted by Gasteiger charge is -2.16. The molecule has 1 amide bonds. The lowest BCUT2D eigenvalue weighted by molar-refractivity contribution is -0.117. The summed E-state index contributed by atoms with van der Waals surface area (Å²) in [6, 6.07) is 1.63. The number of hydrogen-bond donors (Lipinski definition) is 3. The van der Waals surface area contributed by atoms with Gasteiger partial charge in [0, 0.05) is 12.3 Å². The minimum atomic E-state index is -0.819. The van der Waals surface area contributed by atoms with E-state index in [1.165, 1.54) is 0 Å². The Balaban J connectivity index is 1.92. The van der Waals surface area contributed by atoms with Crippen LogP contribution in [-0.2, 0) is 11.3 Å². The third-order valence-electron chi connectivity index (χ3n) is 2.82. The Morgan fingerprint density at radius 1 is 1.72 bits per heavy atom. The van der Waals surface area contributed by atoms with Crippen molar-refractivity contribution in [2.45, 2.75) is 44.9 Å². The van der Waals surface area contributed by atoms with Crippen LogP contribution in [0.3, 0.4) is 0 Å².